The number of rotatable bonds is 6. The van der Waals surface area contributed by atoms with Crippen molar-refractivity contribution >= 4 is 34.8 Å². The molecule has 19 heavy (non-hydrogen) atoms. The van der Waals surface area contributed by atoms with E-state index in [1.54, 1.807) is 13.2 Å². The molecule has 0 unspecified atom stereocenters. The van der Waals surface area contributed by atoms with Gasteiger partial charge in [-0.15, -0.1) is 0 Å². The fourth-order valence-corrected chi connectivity index (χ4v) is 1.72. The summed E-state index contributed by atoms with van der Waals surface area (Å²) in [5, 5.41) is 11.5. The second-order valence-electron chi connectivity index (χ2n) is 3.49. The molecule has 0 aliphatic heterocycles. The summed E-state index contributed by atoms with van der Waals surface area (Å²) in [5.74, 6) is -0.0649. The number of amides is 1. The van der Waals surface area contributed by atoms with E-state index in [9.17, 15) is 4.79 Å². The molecule has 0 saturated heterocycles. The second-order valence-corrected chi connectivity index (χ2v) is 4.30. The monoisotopic (exact) mass is 302 g/mol. The van der Waals surface area contributed by atoms with Crippen molar-refractivity contribution in [1.82, 2.24) is 0 Å². The summed E-state index contributed by atoms with van der Waals surface area (Å²) >= 11 is 11.9. The molecule has 1 aromatic rings. The summed E-state index contributed by atoms with van der Waals surface area (Å²) in [6.07, 6.45) is -0.251. The van der Waals surface area contributed by atoms with Crippen molar-refractivity contribution in [2.24, 2.45) is 0 Å². The molecule has 1 aromatic carbocycles. The normalized spacial score (nSPS) is 9.79. The Morgan fingerprint density at radius 2 is 2.11 bits per heavy atom. The summed E-state index contributed by atoms with van der Waals surface area (Å²) < 4.78 is 10.2. The summed E-state index contributed by atoms with van der Waals surface area (Å²) in [5.41, 5.74) is 0.346. The third-order valence-electron chi connectivity index (χ3n) is 2.08. The van der Waals surface area contributed by atoms with Gasteiger partial charge >= 0.3 is 0 Å². The molecule has 0 fully saturated rings. The molecule has 0 saturated carbocycles. The number of carbonyl (C=O) groups excluding carboxylic acids is 1. The van der Waals surface area contributed by atoms with Crippen LogP contribution in [0.3, 0.4) is 0 Å². The lowest BCUT2D eigenvalue weighted by Gasteiger charge is -2.11. The number of carbonyl (C=O) groups is 1. The molecule has 5 nitrogen and oxygen atoms in total. The highest BCUT2D eigenvalue weighted by atomic mass is 35.5. The first kappa shape index (κ1) is 15.6. The number of benzene rings is 1. The number of nitriles is 1. The Morgan fingerprint density at radius 1 is 1.37 bits per heavy atom. The van der Waals surface area contributed by atoms with Crippen molar-refractivity contribution in [3.63, 3.8) is 0 Å². The lowest BCUT2D eigenvalue weighted by atomic mass is 10.3. The van der Waals surface area contributed by atoms with E-state index in [1.165, 1.54) is 12.1 Å². The van der Waals surface area contributed by atoms with E-state index < -0.39 is 5.91 Å². The molecule has 1 amide bonds. The Morgan fingerprint density at radius 3 is 2.74 bits per heavy atom. The molecule has 0 heterocycles. The predicted molar refractivity (Wildman–Crippen MR) is 72.7 cm³/mol. The van der Waals surface area contributed by atoms with Crippen LogP contribution in [0.4, 0.5) is 5.69 Å². The Bertz CT molecular complexity index is 500. The topological polar surface area (TPSA) is 71.3 Å². The Hall–Kier alpha value is -1.48. The van der Waals surface area contributed by atoms with Crippen LogP contribution in [0.1, 0.15) is 6.42 Å². The SMILES string of the molecule is COCCOc1cc(NC(=O)CC#N)c(Cl)cc1Cl. The van der Waals surface area contributed by atoms with Gasteiger partial charge in [0.1, 0.15) is 18.8 Å². The highest BCUT2D eigenvalue weighted by Crippen LogP contribution is 2.34. The minimum atomic E-state index is -0.449. The Balaban J connectivity index is 2.84. The van der Waals surface area contributed by atoms with Crippen LogP contribution in [0.15, 0.2) is 12.1 Å². The van der Waals surface area contributed by atoms with Crippen LogP contribution in [0.25, 0.3) is 0 Å². The number of methoxy groups -OCH3 is 1. The fourth-order valence-electron chi connectivity index (χ4n) is 1.24. The summed E-state index contributed by atoms with van der Waals surface area (Å²) in [4.78, 5) is 11.3. The van der Waals surface area contributed by atoms with Crippen molar-refractivity contribution < 1.29 is 14.3 Å². The standard InChI is InChI=1S/C12H12Cl2N2O3/c1-18-4-5-19-11-7-10(8(13)6-9(11)14)16-12(17)2-3-15/h6-7H,2,4-5H2,1H3,(H,16,17). The number of anilines is 1. The average molecular weight is 303 g/mol. The first-order valence-electron chi connectivity index (χ1n) is 5.36. The molecule has 0 aliphatic rings. The van der Waals surface area contributed by atoms with Crippen LogP contribution in [0, 0.1) is 11.3 Å². The molecule has 1 rings (SSSR count). The van der Waals surface area contributed by atoms with Gasteiger partial charge in [0.15, 0.2) is 0 Å². The van der Waals surface area contributed by atoms with Crippen LogP contribution in [0.5, 0.6) is 5.75 Å². The van der Waals surface area contributed by atoms with Gasteiger partial charge in [-0.3, -0.25) is 4.79 Å². The van der Waals surface area contributed by atoms with E-state index in [4.69, 9.17) is 37.9 Å². The summed E-state index contributed by atoms with van der Waals surface area (Å²) in [6, 6.07) is 4.72. The van der Waals surface area contributed by atoms with Gasteiger partial charge in [0, 0.05) is 13.2 Å². The molecule has 0 radical (unpaired) electrons. The number of hydrogen-bond donors (Lipinski definition) is 1. The van der Waals surface area contributed by atoms with E-state index in [2.05, 4.69) is 5.32 Å². The molecule has 0 aliphatic carbocycles. The van der Waals surface area contributed by atoms with E-state index in [0.717, 1.165) is 0 Å². The van der Waals surface area contributed by atoms with E-state index in [0.29, 0.717) is 29.7 Å². The summed E-state index contributed by atoms with van der Waals surface area (Å²) in [6.45, 7) is 0.735. The zero-order valence-electron chi connectivity index (χ0n) is 10.2. The first-order valence-corrected chi connectivity index (χ1v) is 6.11. The number of hydrogen-bond acceptors (Lipinski definition) is 4. The molecule has 0 bridgehead atoms. The third kappa shape index (κ3) is 4.95. The van der Waals surface area contributed by atoms with Gasteiger partial charge in [-0.2, -0.15) is 5.26 Å². The molecular formula is C12H12Cl2N2O3. The molecule has 7 heteroatoms. The van der Waals surface area contributed by atoms with Crippen molar-refractivity contribution in [3.05, 3.63) is 22.2 Å². The average Bonchev–Trinajstić information content (AvgIpc) is 2.35. The van der Waals surface area contributed by atoms with Gasteiger partial charge in [0.25, 0.3) is 0 Å². The number of halogens is 2. The maximum atomic E-state index is 11.3. The van der Waals surface area contributed by atoms with E-state index in [-0.39, 0.29) is 11.4 Å². The van der Waals surface area contributed by atoms with Crippen LogP contribution in [0.2, 0.25) is 10.0 Å². The molecule has 0 aromatic heterocycles. The minimum absolute atomic E-state index is 0.251. The minimum Gasteiger partial charge on any atom is -0.490 e. The highest BCUT2D eigenvalue weighted by Gasteiger charge is 2.11. The lowest BCUT2D eigenvalue weighted by molar-refractivity contribution is -0.115. The van der Waals surface area contributed by atoms with Crippen LogP contribution >= 0.6 is 23.2 Å². The lowest BCUT2D eigenvalue weighted by Crippen LogP contribution is -2.11. The Kier molecular flexibility index (Phi) is 6.43. The maximum absolute atomic E-state index is 11.3. The Labute approximate surface area is 121 Å². The van der Waals surface area contributed by atoms with E-state index in [1.807, 2.05) is 0 Å². The van der Waals surface area contributed by atoms with Gasteiger partial charge in [-0.1, -0.05) is 23.2 Å². The zero-order valence-corrected chi connectivity index (χ0v) is 11.7. The predicted octanol–water partition coefficient (Wildman–Crippen LogP) is 2.87. The van der Waals surface area contributed by atoms with Crippen molar-refractivity contribution in [2.75, 3.05) is 25.6 Å². The maximum Gasteiger partial charge on any atom is 0.238 e. The van der Waals surface area contributed by atoms with Gasteiger partial charge < -0.3 is 14.8 Å². The van der Waals surface area contributed by atoms with Gasteiger partial charge in [0.2, 0.25) is 5.91 Å². The molecular weight excluding hydrogens is 291 g/mol. The fraction of sp³-hybridized carbons (Fsp3) is 0.333. The van der Waals surface area contributed by atoms with Gasteiger partial charge in [0.05, 0.1) is 28.4 Å². The molecule has 0 atom stereocenters. The molecule has 102 valence electrons. The largest absolute Gasteiger partial charge is 0.490 e. The number of ether oxygens (including phenoxy) is 2. The summed E-state index contributed by atoms with van der Waals surface area (Å²) in [7, 11) is 1.56. The van der Waals surface area contributed by atoms with Gasteiger partial charge in [-0.05, 0) is 6.07 Å². The quantitative estimate of drug-likeness (QED) is 0.820. The third-order valence-corrected chi connectivity index (χ3v) is 2.69. The van der Waals surface area contributed by atoms with Crippen LogP contribution in [-0.4, -0.2) is 26.2 Å². The van der Waals surface area contributed by atoms with Crippen LogP contribution < -0.4 is 10.1 Å². The number of nitrogens with zero attached hydrogens (tertiary/aromatic N) is 1. The van der Waals surface area contributed by atoms with Crippen molar-refractivity contribution in [2.45, 2.75) is 6.42 Å². The molecule has 0 spiro atoms. The second kappa shape index (κ2) is 7.85. The zero-order chi connectivity index (χ0) is 14.3. The molecule has 1 N–H and O–H groups in total. The highest BCUT2D eigenvalue weighted by molar-refractivity contribution is 6.37. The van der Waals surface area contributed by atoms with Crippen molar-refractivity contribution in [3.8, 4) is 11.8 Å². The number of nitrogens with one attached hydrogen (secondary N) is 1. The van der Waals surface area contributed by atoms with Crippen molar-refractivity contribution in [1.29, 1.82) is 5.26 Å². The van der Waals surface area contributed by atoms with Gasteiger partial charge in [-0.25, -0.2) is 0 Å². The smallest absolute Gasteiger partial charge is 0.238 e. The van der Waals surface area contributed by atoms with Crippen LogP contribution in [-0.2, 0) is 9.53 Å². The van der Waals surface area contributed by atoms with E-state index >= 15 is 0 Å². The first-order chi connectivity index (χ1) is 9.08.